The van der Waals surface area contributed by atoms with E-state index < -0.39 is 5.97 Å². The Morgan fingerprint density at radius 2 is 2.12 bits per heavy atom. The summed E-state index contributed by atoms with van der Waals surface area (Å²) in [6, 6.07) is 5.69. The Balaban J connectivity index is 2.57. The maximum atomic E-state index is 10.9. The van der Waals surface area contributed by atoms with Gasteiger partial charge in [-0.15, -0.1) is 5.10 Å². The van der Waals surface area contributed by atoms with E-state index in [4.69, 9.17) is 5.11 Å². The number of halogens is 1. The molecule has 0 radical (unpaired) electrons. The summed E-state index contributed by atoms with van der Waals surface area (Å²) in [4.78, 5) is 10.9. The van der Waals surface area contributed by atoms with Gasteiger partial charge in [0.25, 0.3) is 0 Å². The molecule has 5 nitrogen and oxygen atoms in total. The summed E-state index contributed by atoms with van der Waals surface area (Å²) in [6.07, 6.45) is 0. The minimum Gasteiger partial charge on any atom is -0.476 e. The molecule has 88 valence electrons. The van der Waals surface area contributed by atoms with E-state index in [1.807, 2.05) is 25.1 Å². The molecule has 6 heteroatoms. The maximum absolute atomic E-state index is 10.9. The van der Waals surface area contributed by atoms with Crippen LogP contribution in [-0.4, -0.2) is 26.1 Å². The number of carboxylic acids is 1. The van der Waals surface area contributed by atoms with Crippen molar-refractivity contribution in [1.82, 2.24) is 15.0 Å². The minimum absolute atomic E-state index is 0.0210. The highest BCUT2D eigenvalue weighted by Crippen LogP contribution is 2.20. The zero-order chi connectivity index (χ0) is 12.6. The number of benzene rings is 1. The van der Waals surface area contributed by atoms with E-state index in [9.17, 15) is 4.79 Å². The molecule has 0 saturated carbocycles. The molecule has 1 heterocycles. The van der Waals surface area contributed by atoms with Crippen molar-refractivity contribution in [1.29, 1.82) is 0 Å². The largest absolute Gasteiger partial charge is 0.476 e. The number of nitrogens with zero attached hydrogens (tertiary/aromatic N) is 3. The Hall–Kier alpha value is -1.69. The molecule has 0 atom stereocenters. The lowest BCUT2D eigenvalue weighted by Gasteiger charge is -2.07. The summed E-state index contributed by atoms with van der Waals surface area (Å²) in [7, 11) is 0. The summed E-state index contributed by atoms with van der Waals surface area (Å²) >= 11 is 3.38. The fraction of sp³-hybridized carbons (Fsp3) is 0.182. The summed E-state index contributed by atoms with van der Waals surface area (Å²) in [6.45, 7) is 3.62. The Bertz CT molecular complexity index is 592. The van der Waals surface area contributed by atoms with Crippen LogP contribution in [0.5, 0.6) is 0 Å². The van der Waals surface area contributed by atoms with Gasteiger partial charge in [0.1, 0.15) is 0 Å². The second kappa shape index (κ2) is 4.29. The number of carbonyl (C=O) groups is 1. The van der Waals surface area contributed by atoms with Gasteiger partial charge in [-0.3, -0.25) is 0 Å². The quantitative estimate of drug-likeness (QED) is 0.923. The van der Waals surface area contributed by atoms with Gasteiger partial charge in [-0.05, 0) is 37.6 Å². The van der Waals surface area contributed by atoms with Crippen LogP contribution >= 0.6 is 15.9 Å². The van der Waals surface area contributed by atoms with Crippen LogP contribution in [0.25, 0.3) is 5.69 Å². The molecule has 17 heavy (non-hydrogen) atoms. The van der Waals surface area contributed by atoms with Crippen LogP contribution in [0.2, 0.25) is 0 Å². The Labute approximate surface area is 106 Å². The van der Waals surface area contributed by atoms with Crippen molar-refractivity contribution in [3.63, 3.8) is 0 Å². The first-order chi connectivity index (χ1) is 8.00. The Morgan fingerprint density at radius 1 is 1.41 bits per heavy atom. The molecular weight excluding hydrogens is 286 g/mol. The average molecular weight is 296 g/mol. The second-order valence-electron chi connectivity index (χ2n) is 3.67. The smallest absolute Gasteiger partial charge is 0.358 e. The number of rotatable bonds is 2. The predicted octanol–water partition coefficient (Wildman–Crippen LogP) is 2.34. The number of aromatic carboxylic acids is 1. The monoisotopic (exact) mass is 295 g/mol. The average Bonchev–Trinajstić information content (AvgIpc) is 2.60. The lowest BCUT2D eigenvalue weighted by molar-refractivity contribution is 0.0689. The SMILES string of the molecule is Cc1cc(Br)ccc1-n1nnc(C(=O)O)c1C. The first-order valence-corrected chi connectivity index (χ1v) is 5.72. The van der Waals surface area contributed by atoms with Gasteiger partial charge in [0.2, 0.25) is 0 Å². The third-order valence-electron chi connectivity index (χ3n) is 2.48. The number of hydrogen-bond acceptors (Lipinski definition) is 3. The lowest BCUT2D eigenvalue weighted by atomic mass is 10.2. The molecule has 0 amide bonds. The van der Waals surface area contributed by atoms with Crippen molar-refractivity contribution in [3.8, 4) is 5.69 Å². The first-order valence-electron chi connectivity index (χ1n) is 4.93. The Kier molecular flexibility index (Phi) is 2.97. The van der Waals surface area contributed by atoms with Crippen molar-refractivity contribution in [3.05, 3.63) is 39.6 Å². The minimum atomic E-state index is -1.07. The number of hydrogen-bond donors (Lipinski definition) is 1. The third-order valence-corrected chi connectivity index (χ3v) is 2.98. The molecule has 1 aromatic heterocycles. The second-order valence-corrected chi connectivity index (χ2v) is 4.59. The van der Waals surface area contributed by atoms with Gasteiger partial charge in [0.15, 0.2) is 5.69 Å². The zero-order valence-corrected chi connectivity index (χ0v) is 10.9. The molecule has 0 saturated heterocycles. The molecule has 0 bridgehead atoms. The van der Waals surface area contributed by atoms with Gasteiger partial charge >= 0.3 is 5.97 Å². The number of aryl methyl sites for hydroxylation is 1. The normalized spacial score (nSPS) is 10.5. The van der Waals surface area contributed by atoms with Gasteiger partial charge in [-0.2, -0.15) is 0 Å². The molecule has 0 unspecified atom stereocenters. The molecule has 0 aliphatic carbocycles. The van der Waals surface area contributed by atoms with E-state index >= 15 is 0 Å². The van der Waals surface area contributed by atoms with Crippen LogP contribution < -0.4 is 0 Å². The molecule has 0 aliphatic heterocycles. The molecular formula is C11H10BrN3O2. The molecule has 1 N–H and O–H groups in total. The van der Waals surface area contributed by atoms with Crippen LogP contribution in [-0.2, 0) is 0 Å². The summed E-state index contributed by atoms with van der Waals surface area (Å²) in [5.74, 6) is -1.07. The van der Waals surface area contributed by atoms with E-state index in [1.165, 1.54) is 4.68 Å². The van der Waals surface area contributed by atoms with Crippen molar-refractivity contribution in [2.75, 3.05) is 0 Å². The third kappa shape index (κ3) is 2.08. The van der Waals surface area contributed by atoms with E-state index in [1.54, 1.807) is 6.92 Å². The first kappa shape index (κ1) is 11.8. The van der Waals surface area contributed by atoms with Crippen LogP contribution in [0.15, 0.2) is 22.7 Å². The van der Waals surface area contributed by atoms with Crippen molar-refractivity contribution < 1.29 is 9.90 Å². The highest BCUT2D eigenvalue weighted by molar-refractivity contribution is 9.10. The highest BCUT2D eigenvalue weighted by atomic mass is 79.9. The van der Waals surface area contributed by atoms with Crippen molar-refractivity contribution in [2.24, 2.45) is 0 Å². The molecule has 2 aromatic rings. The maximum Gasteiger partial charge on any atom is 0.358 e. The molecule has 0 spiro atoms. The Morgan fingerprint density at radius 3 is 2.65 bits per heavy atom. The molecule has 1 aromatic carbocycles. The highest BCUT2D eigenvalue weighted by Gasteiger charge is 2.16. The van der Waals surface area contributed by atoms with E-state index in [-0.39, 0.29) is 5.69 Å². The summed E-state index contributed by atoms with van der Waals surface area (Å²) < 4.78 is 2.50. The van der Waals surface area contributed by atoms with E-state index in [2.05, 4.69) is 26.2 Å². The van der Waals surface area contributed by atoms with Crippen LogP contribution in [0.1, 0.15) is 21.7 Å². The molecule has 0 fully saturated rings. The number of aromatic nitrogens is 3. The standard InChI is InChI=1S/C11H10BrN3O2/c1-6-5-8(12)3-4-9(6)15-7(2)10(11(16)17)13-14-15/h3-5H,1-2H3,(H,16,17). The number of carboxylic acid groups (broad SMARTS) is 1. The van der Waals surface area contributed by atoms with Gasteiger partial charge < -0.3 is 5.11 Å². The van der Waals surface area contributed by atoms with Crippen molar-refractivity contribution in [2.45, 2.75) is 13.8 Å². The van der Waals surface area contributed by atoms with Gasteiger partial charge in [0.05, 0.1) is 11.4 Å². The van der Waals surface area contributed by atoms with E-state index in [0.29, 0.717) is 5.69 Å². The van der Waals surface area contributed by atoms with Gasteiger partial charge in [-0.1, -0.05) is 21.1 Å². The van der Waals surface area contributed by atoms with Crippen molar-refractivity contribution >= 4 is 21.9 Å². The fourth-order valence-electron chi connectivity index (χ4n) is 1.61. The van der Waals surface area contributed by atoms with Crippen LogP contribution in [0, 0.1) is 13.8 Å². The summed E-state index contributed by atoms with van der Waals surface area (Å²) in [5, 5.41) is 16.4. The molecule has 0 aliphatic rings. The zero-order valence-electron chi connectivity index (χ0n) is 9.31. The summed E-state index contributed by atoms with van der Waals surface area (Å²) in [5.41, 5.74) is 2.31. The van der Waals surface area contributed by atoms with Crippen LogP contribution in [0.4, 0.5) is 0 Å². The topological polar surface area (TPSA) is 68.0 Å². The predicted molar refractivity (Wildman–Crippen MR) is 65.5 cm³/mol. The van der Waals surface area contributed by atoms with Crippen LogP contribution in [0.3, 0.4) is 0 Å². The lowest BCUT2D eigenvalue weighted by Crippen LogP contribution is -2.04. The van der Waals surface area contributed by atoms with Gasteiger partial charge in [0, 0.05) is 4.47 Å². The van der Waals surface area contributed by atoms with Gasteiger partial charge in [-0.25, -0.2) is 9.48 Å². The molecule has 2 rings (SSSR count). The van der Waals surface area contributed by atoms with E-state index in [0.717, 1.165) is 15.7 Å². The fourth-order valence-corrected chi connectivity index (χ4v) is 2.09.